The smallest absolute Gasteiger partial charge is 0.225 e. The van der Waals surface area contributed by atoms with E-state index in [0.29, 0.717) is 23.6 Å². The first-order chi connectivity index (χ1) is 12.6. The number of benzene rings is 1. The maximum atomic E-state index is 12.9. The number of amides is 1. The first-order valence-electron chi connectivity index (χ1n) is 9.69. The Kier molecular flexibility index (Phi) is 6.83. The topological polar surface area (TPSA) is 44.4 Å². The summed E-state index contributed by atoms with van der Waals surface area (Å²) in [6.07, 6.45) is 7.65. The number of hydrogen-bond acceptors (Lipinski definition) is 2. The minimum atomic E-state index is -0.232. The van der Waals surface area contributed by atoms with E-state index in [2.05, 4.69) is 10.6 Å². The molecule has 3 rings (SSSR count). The van der Waals surface area contributed by atoms with Crippen LogP contribution in [0.25, 0.3) is 0 Å². The predicted octanol–water partition coefficient (Wildman–Crippen LogP) is 3.36. The van der Waals surface area contributed by atoms with Crippen LogP contribution >= 0.6 is 12.2 Å². The van der Waals surface area contributed by atoms with Gasteiger partial charge in [0.15, 0.2) is 5.11 Å². The van der Waals surface area contributed by atoms with Crippen molar-refractivity contribution in [1.82, 2.24) is 15.5 Å². The summed E-state index contributed by atoms with van der Waals surface area (Å²) in [6, 6.07) is 6.71. The highest BCUT2D eigenvalue weighted by atomic mass is 32.1. The number of nitrogens with zero attached hydrogens (tertiary/aromatic N) is 1. The molecule has 2 fully saturated rings. The number of nitrogens with one attached hydrogen (secondary N) is 2. The molecular formula is C20H28FN3OS. The molecular weight excluding hydrogens is 349 g/mol. The Balaban J connectivity index is 1.37. The number of halogens is 1. The average Bonchev–Trinajstić information content (AvgIpc) is 2.68. The number of hydrogen-bond donors (Lipinski definition) is 2. The Morgan fingerprint density at radius 1 is 1.08 bits per heavy atom. The minimum Gasteiger partial charge on any atom is -0.360 e. The van der Waals surface area contributed by atoms with E-state index in [4.69, 9.17) is 12.2 Å². The van der Waals surface area contributed by atoms with Gasteiger partial charge in [-0.1, -0.05) is 31.4 Å². The lowest BCUT2D eigenvalue weighted by Crippen LogP contribution is -2.50. The molecule has 26 heavy (non-hydrogen) atoms. The molecule has 6 heteroatoms. The Morgan fingerprint density at radius 3 is 2.38 bits per heavy atom. The minimum absolute atomic E-state index is 0.232. The third kappa shape index (κ3) is 5.40. The van der Waals surface area contributed by atoms with Crippen molar-refractivity contribution in [1.29, 1.82) is 0 Å². The fourth-order valence-electron chi connectivity index (χ4n) is 3.87. The van der Waals surface area contributed by atoms with Crippen LogP contribution in [0.4, 0.5) is 4.39 Å². The largest absolute Gasteiger partial charge is 0.360 e. The second kappa shape index (κ2) is 9.31. The zero-order valence-electron chi connectivity index (χ0n) is 15.2. The van der Waals surface area contributed by atoms with Crippen molar-refractivity contribution in [3.05, 3.63) is 35.6 Å². The van der Waals surface area contributed by atoms with Crippen molar-refractivity contribution in [2.45, 2.75) is 57.5 Å². The normalized spacial score (nSPS) is 19.2. The second-order valence-corrected chi connectivity index (χ2v) is 7.80. The third-order valence-corrected chi connectivity index (χ3v) is 5.72. The van der Waals surface area contributed by atoms with E-state index in [0.717, 1.165) is 44.3 Å². The summed E-state index contributed by atoms with van der Waals surface area (Å²) >= 11 is 5.37. The lowest BCUT2D eigenvalue weighted by atomic mass is 9.87. The SMILES string of the molecule is O=C(C1CCCCC1)N1CCC(NC(=S)NCc2ccc(F)cc2)CC1. The lowest BCUT2D eigenvalue weighted by molar-refractivity contribution is -0.137. The zero-order valence-corrected chi connectivity index (χ0v) is 16.0. The van der Waals surface area contributed by atoms with E-state index in [-0.39, 0.29) is 11.7 Å². The molecule has 1 saturated heterocycles. The summed E-state index contributed by atoms with van der Waals surface area (Å²) in [4.78, 5) is 14.7. The first-order valence-corrected chi connectivity index (χ1v) is 10.1. The molecule has 1 aromatic rings. The van der Waals surface area contributed by atoms with Gasteiger partial charge >= 0.3 is 0 Å². The number of carbonyl (C=O) groups is 1. The summed E-state index contributed by atoms with van der Waals surface area (Å²) in [5, 5.41) is 7.13. The summed E-state index contributed by atoms with van der Waals surface area (Å²) in [6.45, 7) is 2.20. The summed E-state index contributed by atoms with van der Waals surface area (Å²) in [5.41, 5.74) is 0.989. The molecule has 0 radical (unpaired) electrons. The average molecular weight is 378 g/mol. The van der Waals surface area contributed by atoms with Gasteiger partial charge in [0.05, 0.1) is 0 Å². The summed E-state index contributed by atoms with van der Waals surface area (Å²) in [5.74, 6) is 0.385. The van der Waals surface area contributed by atoms with Crippen LogP contribution < -0.4 is 10.6 Å². The molecule has 0 spiro atoms. The van der Waals surface area contributed by atoms with Crippen LogP contribution in [0, 0.1) is 11.7 Å². The number of likely N-dealkylation sites (tertiary alicyclic amines) is 1. The van der Waals surface area contributed by atoms with Crippen LogP contribution in [0.3, 0.4) is 0 Å². The van der Waals surface area contributed by atoms with E-state index >= 15 is 0 Å². The highest BCUT2D eigenvalue weighted by Gasteiger charge is 2.29. The van der Waals surface area contributed by atoms with Crippen LogP contribution in [0.5, 0.6) is 0 Å². The van der Waals surface area contributed by atoms with Gasteiger partial charge in [0.1, 0.15) is 5.82 Å². The standard InChI is InChI=1S/C20H28FN3OS/c21-17-8-6-15(7-9-17)14-22-20(26)23-18-10-12-24(13-11-18)19(25)16-4-2-1-3-5-16/h6-9,16,18H,1-5,10-14H2,(H2,22,23,26). The highest BCUT2D eigenvalue weighted by molar-refractivity contribution is 7.80. The van der Waals surface area contributed by atoms with E-state index < -0.39 is 0 Å². The fraction of sp³-hybridized carbons (Fsp3) is 0.600. The molecule has 4 nitrogen and oxygen atoms in total. The van der Waals surface area contributed by atoms with Crippen molar-refractivity contribution in [3.63, 3.8) is 0 Å². The molecule has 2 N–H and O–H groups in total. The van der Waals surface area contributed by atoms with Gasteiger partial charge in [-0.15, -0.1) is 0 Å². The molecule has 1 heterocycles. The maximum absolute atomic E-state index is 12.9. The van der Waals surface area contributed by atoms with Gasteiger partial charge in [0.2, 0.25) is 5.91 Å². The molecule has 0 atom stereocenters. The number of piperidine rings is 1. The lowest BCUT2D eigenvalue weighted by Gasteiger charge is -2.35. The van der Waals surface area contributed by atoms with E-state index in [1.807, 2.05) is 4.90 Å². The molecule has 1 aliphatic carbocycles. The summed E-state index contributed by atoms with van der Waals surface area (Å²) < 4.78 is 12.9. The van der Waals surface area contributed by atoms with Gasteiger partial charge in [-0.2, -0.15) is 0 Å². The van der Waals surface area contributed by atoms with Crippen molar-refractivity contribution in [3.8, 4) is 0 Å². The number of rotatable bonds is 4. The number of carbonyl (C=O) groups excluding carboxylic acids is 1. The van der Waals surface area contributed by atoms with E-state index in [9.17, 15) is 9.18 Å². The van der Waals surface area contributed by atoms with Gasteiger partial charge in [-0.05, 0) is 55.6 Å². The van der Waals surface area contributed by atoms with E-state index in [1.54, 1.807) is 12.1 Å². The van der Waals surface area contributed by atoms with Crippen molar-refractivity contribution < 1.29 is 9.18 Å². The molecule has 2 aliphatic rings. The second-order valence-electron chi connectivity index (χ2n) is 7.39. The molecule has 1 aromatic carbocycles. The molecule has 1 amide bonds. The van der Waals surface area contributed by atoms with Gasteiger partial charge < -0.3 is 15.5 Å². The van der Waals surface area contributed by atoms with E-state index in [1.165, 1.54) is 31.4 Å². The van der Waals surface area contributed by atoms with Gasteiger partial charge in [0, 0.05) is 31.6 Å². The maximum Gasteiger partial charge on any atom is 0.225 e. The molecule has 142 valence electrons. The van der Waals surface area contributed by atoms with Gasteiger partial charge in [-0.25, -0.2) is 4.39 Å². The predicted molar refractivity (Wildman–Crippen MR) is 105 cm³/mol. The quantitative estimate of drug-likeness (QED) is 0.790. The fourth-order valence-corrected chi connectivity index (χ4v) is 4.11. The van der Waals surface area contributed by atoms with Crippen LogP contribution in [0.2, 0.25) is 0 Å². The van der Waals surface area contributed by atoms with Gasteiger partial charge in [0.25, 0.3) is 0 Å². The first kappa shape index (κ1) is 19.1. The van der Waals surface area contributed by atoms with Crippen molar-refractivity contribution >= 4 is 23.2 Å². The van der Waals surface area contributed by atoms with Crippen LogP contribution in [-0.4, -0.2) is 35.1 Å². The molecule has 0 bridgehead atoms. The van der Waals surface area contributed by atoms with Crippen molar-refractivity contribution in [2.24, 2.45) is 5.92 Å². The Hall–Kier alpha value is -1.69. The monoisotopic (exact) mass is 377 g/mol. The number of thiocarbonyl (C=S) groups is 1. The molecule has 1 aliphatic heterocycles. The Bertz CT molecular complexity index is 608. The Labute approximate surface area is 160 Å². The van der Waals surface area contributed by atoms with Crippen LogP contribution in [0.1, 0.15) is 50.5 Å². The molecule has 1 saturated carbocycles. The van der Waals surface area contributed by atoms with Gasteiger partial charge in [-0.3, -0.25) is 4.79 Å². The third-order valence-electron chi connectivity index (χ3n) is 5.46. The molecule has 0 unspecified atom stereocenters. The van der Waals surface area contributed by atoms with Crippen LogP contribution in [0.15, 0.2) is 24.3 Å². The summed E-state index contributed by atoms with van der Waals surface area (Å²) in [7, 11) is 0. The van der Waals surface area contributed by atoms with Crippen molar-refractivity contribution in [2.75, 3.05) is 13.1 Å². The molecule has 0 aromatic heterocycles. The zero-order chi connectivity index (χ0) is 18.4. The van der Waals surface area contributed by atoms with Crippen LogP contribution in [-0.2, 0) is 11.3 Å². The highest BCUT2D eigenvalue weighted by Crippen LogP contribution is 2.26. The Morgan fingerprint density at radius 2 is 1.73 bits per heavy atom.